The van der Waals surface area contributed by atoms with Crippen LogP contribution in [0.5, 0.6) is 0 Å². The number of benzene rings is 1. The molecule has 2 aliphatic rings. The van der Waals surface area contributed by atoms with Gasteiger partial charge in [0.25, 0.3) is 17.4 Å². The molecule has 6 rings (SSSR count). The van der Waals surface area contributed by atoms with Gasteiger partial charge in [-0.1, -0.05) is 12.1 Å². The van der Waals surface area contributed by atoms with Crippen LogP contribution in [0.25, 0.3) is 16.9 Å². The van der Waals surface area contributed by atoms with Gasteiger partial charge in [-0.2, -0.15) is 14.0 Å². The Bertz CT molecular complexity index is 1600. The van der Waals surface area contributed by atoms with Gasteiger partial charge in [-0.05, 0) is 42.0 Å². The minimum absolute atomic E-state index is 0.0430. The standard InChI is InChI=1S/C23H17F3N6O3/c24-18-8-27-19-15(6-17(30-32(18)19)16-7-28-22(35)29-20(16)33)14-5-13(14)11-1-3-12(4-2-11)21(34)31-9-23(25,26)10-31/h1-4,6-8,13-14H,5,9-10H2,(H2,28,29,33,35)/t13-,14+/m1/s1. The van der Waals surface area contributed by atoms with Gasteiger partial charge in [0.1, 0.15) is 0 Å². The number of aromatic nitrogens is 5. The van der Waals surface area contributed by atoms with E-state index in [1.807, 2.05) is 0 Å². The molecule has 178 valence electrons. The molecule has 0 unspecified atom stereocenters. The van der Waals surface area contributed by atoms with Gasteiger partial charge in [-0.3, -0.25) is 14.6 Å². The first-order chi connectivity index (χ1) is 16.7. The number of amides is 1. The fraction of sp³-hybridized carbons (Fsp3) is 0.261. The van der Waals surface area contributed by atoms with E-state index >= 15 is 0 Å². The van der Waals surface area contributed by atoms with Gasteiger partial charge in [0.05, 0.1) is 30.5 Å². The van der Waals surface area contributed by atoms with Crippen LogP contribution in [0, 0.1) is 5.95 Å². The van der Waals surface area contributed by atoms with Gasteiger partial charge < -0.3 is 9.88 Å². The molecule has 9 nitrogen and oxygen atoms in total. The number of hydrogen-bond donors (Lipinski definition) is 2. The van der Waals surface area contributed by atoms with Crippen molar-refractivity contribution in [1.82, 2.24) is 29.5 Å². The Hall–Kier alpha value is -4.22. The second-order valence-corrected chi connectivity index (χ2v) is 8.87. The molecule has 4 heterocycles. The smallest absolute Gasteiger partial charge is 0.325 e. The van der Waals surface area contributed by atoms with E-state index in [9.17, 15) is 27.6 Å². The fourth-order valence-electron chi connectivity index (χ4n) is 4.59. The molecule has 2 fully saturated rings. The lowest BCUT2D eigenvalue weighted by Crippen LogP contribution is -2.58. The van der Waals surface area contributed by atoms with E-state index in [1.54, 1.807) is 30.3 Å². The molecule has 4 aromatic rings. The Morgan fingerprint density at radius 3 is 2.54 bits per heavy atom. The first-order valence-electron chi connectivity index (χ1n) is 10.8. The van der Waals surface area contributed by atoms with Crippen molar-refractivity contribution in [1.29, 1.82) is 0 Å². The molecule has 1 amide bonds. The van der Waals surface area contributed by atoms with Crippen LogP contribution >= 0.6 is 0 Å². The summed E-state index contributed by atoms with van der Waals surface area (Å²) in [4.78, 5) is 45.8. The van der Waals surface area contributed by atoms with Crippen molar-refractivity contribution in [2.24, 2.45) is 0 Å². The average Bonchev–Trinajstić information content (AvgIpc) is 3.52. The predicted molar refractivity (Wildman–Crippen MR) is 117 cm³/mol. The van der Waals surface area contributed by atoms with Crippen LogP contribution in [0.4, 0.5) is 13.2 Å². The van der Waals surface area contributed by atoms with E-state index in [1.165, 1.54) is 6.20 Å². The summed E-state index contributed by atoms with van der Waals surface area (Å²) in [5.74, 6) is -3.94. The van der Waals surface area contributed by atoms with E-state index in [2.05, 4.69) is 20.1 Å². The monoisotopic (exact) mass is 482 g/mol. The van der Waals surface area contributed by atoms with Crippen LogP contribution in [0.1, 0.15) is 39.7 Å². The molecule has 1 aliphatic heterocycles. The van der Waals surface area contributed by atoms with Crippen LogP contribution in [0.15, 0.2) is 52.3 Å². The fourth-order valence-corrected chi connectivity index (χ4v) is 4.59. The van der Waals surface area contributed by atoms with Gasteiger partial charge in [-0.15, -0.1) is 0 Å². The SMILES string of the molecule is O=C(c1ccc([C@H]2C[C@@H]2c2cc(-c3c[nH]c(=O)[nH]c3=O)nn3c(F)cnc23)cc1)N1CC(F)(F)C1. The molecule has 1 saturated heterocycles. The molecule has 0 radical (unpaired) electrons. The van der Waals surface area contributed by atoms with E-state index < -0.39 is 42.1 Å². The predicted octanol–water partition coefficient (Wildman–Crippen LogP) is 2.27. The zero-order valence-corrected chi connectivity index (χ0v) is 18.0. The van der Waals surface area contributed by atoms with Crippen LogP contribution in [0.3, 0.4) is 0 Å². The van der Waals surface area contributed by atoms with Gasteiger partial charge in [-0.25, -0.2) is 18.6 Å². The van der Waals surface area contributed by atoms with Crippen molar-refractivity contribution < 1.29 is 18.0 Å². The molecule has 35 heavy (non-hydrogen) atoms. The quantitative estimate of drug-likeness (QED) is 0.463. The number of carbonyl (C=O) groups excluding carboxylic acids is 1. The third kappa shape index (κ3) is 3.61. The van der Waals surface area contributed by atoms with E-state index in [-0.39, 0.29) is 23.1 Å². The average molecular weight is 482 g/mol. The first-order valence-corrected chi connectivity index (χ1v) is 10.8. The third-order valence-electron chi connectivity index (χ3n) is 6.46. The number of fused-ring (bicyclic) bond motifs is 1. The number of likely N-dealkylation sites (tertiary alicyclic amines) is 1. The largest absolute Gasteiger partial charge is 0.326 e. The van der Waals surface area contributed by atoms with Gasteiger partial charge in [0.2, 0.25) is 5.95 Å². The molecule has 1 aliphatic carbocycles. The van der Waals surface area contributed by atoms with Crippen LogP contribution < -0.4 is 11.2 Å². The number of carbonyl (C=O) groups is 1. The summed E-state index contributed by atoms with van der Waals surface area (Å²) in [5, 5.41) is 4.18. The highest BCUT2D eigenvalue weighted by atomic mass is 19.3. The summed E-state index contributed by atoms with van der Waals surface area (Å²) in [5.41, 5.74) is 1.23. The number of H-pyrrole nitrogens is 2. The maximum Gasteiger partial charge on any atom is 0.325 e. The van der Waals surface area contributed by atoms with E-state index in [0.29, 0.717) is 16.8 Å². The number of halogens is 3. The lowest BCUT2D eigenvalue weighted by Gasteiger charge is -2.38. The molecule has 12 heteroatoms. The molecule has 1 saturated carbocycles. The van der Waals surface area contributed by atoms with Crippen LogP contribution in [-0.2, 0) is 0 Å². The minimum Gasteiger partial charge on any atom is -0.326 e. The summed E-state index contributed by atoms with van der Waals surface area (Å²) >= 11 is 0. The molecular formula is C23H17F3N6O3. The lowest BCUT2D eigenvalue weighted by molar-refractivity contribution is -0.113. The second-order valence-electron chi connectivity index (χ2n) is 8.87. The number of nitrogens with zero attached hydrogens (tertiary/aromatic N) is 4. The van der Waals surface area contributed by atoms with Gasteiger partial charge in [0, 0.05) is 17.3 Å². The topological polar surface area (TPSA) is 116 Å². The van der Waals surface area contributed by atoms with Crippen LogP contribution in [-0.4, -0.2) is 54.4 Å². The first kappa shape index (κ1) is 21.3. The molecule has 2 atom stereocenters. The van der Waals surface area contributed by atoms with Crippen molar-refractivity contribution in [2.45, 2.75) is 24.2 Å². The summed E-state index contributed by atoms with van der Waals surface area (Å²) in [7, 11) is 0. The summed E-state index contributed by atoms with van der Waals surface area (Å²) in [6.45, 7) is -1.14. The number of alkyl halides is 2. The highest BCUT2D eigenvalue weighted by Crippen LogP contribution is 2.55. The van der Waals surface area contributed by atoms with Crippen molar-refractivity contribution in [3.05, 3.63) is 86.2 Å². The molecule has 3 aromatic heterocycles. The van der Waals surface area contributed by atoms with E-state index in [0.717, 1.165) is 27.6 Å². The Morgan fingerprint density at radius 1 is 1.11 bits per heavy atom. The highest BCUT2D eigenvalue weighted by Gasteiger charge is 2.46. The molecule has 0 bridgehead atoms. The number of hydrogen-bond acceptors (Lipinski definition) is 5. The van der Waals surface area contributed by atoms with Crippen molar-refractivity contribution in [2.75, 3.05) is 13.1 Å². The Labute approximate surface area is 194 Å². The Balaban J connectivity index is 1.30. The molecular weight excluding hydrogens is 465 g/mol. The number of aromatic amines is 2. The summed E-state index contributed by atoms with van der Waals surface area (Å²) in [6.07, 6.45) is 2.99. The summed E-state index contributed by atoms with van der Waals surface area (Å²) in [6, 6.07) is 8.47. The Kier molecular flexibility index (Phi) is 4.50. The number of nitrogens with one attached hydrogen (secondary N) is 2. The lowest BCUT2D eigenvalue weighted by atomic mass is 10.0. The van der Waals surface area contributed by atoms with Crippen molar-refractivity contribution in [3.8, 4) is 11.3 Å². The second kappa shape index (κ2) is 7.39. The molecule has 1 aromatic carbocycles. The maximum atomic E-state index is 14.4. The minimum atomic E-state index is -2.82. The highest BCUT2D eigenvalue weighted by molar-refractivity contribution is 5.95. The number of rotatable bonds is 4. The maximum absolute atomic E-state index is 14.4. The zero-order chi connectivity index (χ0) is 24.5. The Morgan fingerprint density at radius 2 is 1.86 bits per heavy atom. The van der Waals surface area contributed by atoms with Gasteiger partial charge in [0.15, 0.2) is 5.65 Å². The van der Waals surface area contributed by atoms with Crippen molar-refractivity contribution in [3.63, 3.8) is 0 Å². The molecule has 0 spiro atoms. The van der Waals surface area contributed by atoms with Crippen molar-refractivity contribution >= 4 is 11.6 Å². The summed E-state index contributed by atoms with van der Waals surface area (Å²) < 4.78 is 41.5. The van der Waals surface area contributed by atoms with E-state index in [4.69, 9.17) is 0 Å². The zero-order valence-electron chi connectivity index (χ0n) is 18.0. The normalized spacial score (nSPS) is 20.6. The third-order valence-corrected chi connectivity index (χ3v) is 6.46. The number of imidazole rings is 1. The van der Waals surface area contributed by atoms with Crippen LogP contribution in [0.2, 0.25) is 0 Å². The van der Waals surface area contributed by atoms with Gasteiger partial charge >= 0.3 is 5.69 Å². The molecule has 2 N–H and O–H groups in total.